The van der Waals surface area contributed by atoms with Gasteiger partial charge in [0.1, 0.15) is 17.1 Å². The van der Waals surface area contributed by atoms with Gasteiger partial charge in [-0.3, -0.25) is 0 Å². The first-order valence-electron chi connectivity index (χ1n) is 3.23. The van der Waals surface area contributed by atoms with Crippen LogP contribution in [0.2, 0.25) is 0 Å². The van der Waals surface area contributed by atoms with E-state index in [0.717, 1.165) is 5.56 Å². The molecule has 0 bridgehead atoms. The van der Waals surface area contributed by atoms with Crippen molar-refractivity contribution in [3.05, 3.63) is 23.8 Å². The number of anilines is 1. The van der Waals surface area contributed by atoms with Crippen molar-refractivity contribution in [1.29, 1.82) is 0 Å². The van der Waals surface area contributed by atoms with Gasteiger partial charge in [-0.1, -0.05) is 0 Å². The van der Waals surface area contributed by atoms with E-state index in [2.05, 4.69) is 4.18 Å². The van der Waals surface area contributed by atoms with Crippen LogP contribution in [-0.4, -0.2) is 8.76 Å². The van der Waals surface area contributed by atoms with E-state index < -0.39 is 11.4 Å². The summed E-state index contributed by atoms with van der Waals surface area (Å²) in [6, 6.07) is 4.65. The Bertz CT molecular complexity index is 314. The summed E-state index contributed by atoms with van der Waals surface area (Å²) in [5.41, 5.74) is 6.91. The lowest BCUT2D eigenvalue weighted by molar-refractivity contribution is 0.440. The molecule has 0 aromatic heterocycles. The molecule has 1 aromatic rings. The van der Waals surface area contributed by atoms with Crippen molar-refractivity contribution in [2.45, 2.75) is 6.92 Å². The summed E-state index contributed by atoms with van der Waals surface area (Å²) in [6.07, 6.45) is 0. The quantitative estimate of drug-likeness (QED) is 0.546. The molecule has 1 rings (SSSR count). The molecule has 0 fully saturated rings. The van der Waals surface area contributed by atoms with Gasteiger partial charge in [0, 0.05) is 5.69 Å². The van der Waals surface area contributed by atoms with Crippen LogP contribution >= 0.6 is 0 Å². The topological polar surface area (TPSA) is 75.4 Å². The molecule has 1 atom stereocenters. The highest BCUT2D eigenvalue weighted by atomic mass is 32.2. The van der Waals surface area contributed by atoms with Crippen LogP contribution in [0.5, 0.6) is 5.75 Å². The average Bonchev–Trinajstić information content (AvgIpc) is 1.96. The second-order valence-electron chi connectivity index (χ2n) is 2.31. The Balaban J connectivity index is 2.89. The monoisotopic (exact) mass is 186 g/mol. The van der Waals surface area contributed by atoms with Gasteiger partial charge in [0.25, 0.3) is 0 Å². The molecule has 1 unspecified atom stereocenters. The Hall–Kier alpha value is -1.07. The minimum Gasteiger partial charge on any atom is -0.740 e. The van der Waals surface area contributed by atoms with Crippen LogP contribution in [0.4, 0.5) is 5.69 Å². The van der Waals surface area contributed by atoms with Crippen molar-refractivity contribution < 1.29 is 12.9 Å². The normalized spacial score (nSPS) is 12.5. The van der Waals surface area contributed by atoms with Crippen LogP contribution in [0, 0.1) is 6.92 Å². The Morgan fingerprint density at radius 2 is 2.25 bits per heavy atom. The van der Waals surface area contributed by atoms with Crippen molar-refractivity contribution in [2.75, 3.05) is 5.73 Å². The van der Waals surface area contributed by atoms with E-state index >= 15 is 0 Å². The molecular formula is C7H8NO3S-. The second-order valence-corrected chi connectivity index (χ2v) is 2.88. The third-order valence-corrected chi connectivity index (χ3v) is 1.73. The minimum atomic E-state index is -2.52. The molecule has 0 radical (unpaired) electrons. The molecule has 66 valence electrons. The molecule has 2 N–H and O–H groups in total. The number of aryl methyl sites for hydroxylation is 1. The number of rotatable bonds is 2. The summed E-state index contributed by atoms with van der Waals surface area (Å²) >= 11 is -2.52. The number of benzene rings is 1. The average molecular weight is 186 g/mol. The Kier molecular flexibility index (Phi) is 2.67. The smallest absolute Gasteiger partial charge is 0.139 e. The fourth-order valence-corrected chi connectivity index (χ4v) is 1.04. The van der Waals surface area contributed by atoms with Gasteiger partial charge >= 0.3 is 0 Å². The van der Waals surface area contributed by atoms with Gasteiger partial charge in [0.15, 0.2) is 0 Å². The minimum absolute atomic E-state index is 0.273. The maximum atomic E-state index is 10.1. The zero-order valence-corrected chi connectivity index (χ0v) is 7.26. The van der Waals surface area contributed by atoms with Crippen LogP contribution < -0.4 is 9.92 Å². The number of hydrogen-bond acceptors (Lipinski definition) is 4. The SMILES string of the molecule is Cc1cc(OS(=O)[O-])ccc1N. The third kappa shape index (κ3) is 2.21. The van der Waals surface area contributed by atoms with Crippen molar-refractivity contribution in [2.24, 2.45) is 0 Å². The molecule has 1 aromatic carbocycles. The molecule has 0 aliphatic rings. The standard InChI is InChI=1S/C7H9NO3S/c1-5-4-6(11-12(9)10)2-3-7(5)8/h2-4H,8H2,1H3,(H,9,10)/p-1. The molecule has 12 heavy (non-hydrogen) atoms. The summed E-state index contributed by atoms with van der Waals surface area (Å²) in [6.45, 7) is 1.77. The van der Waals surface area contributed by atoms with Crippen molar-refractivity contribution in [3.8, 4) is 5.75 Å². The van der Waals surface area contributed by atoms with Crippen LogP contribution in [0.15, 0.2) is 18.2 Å². The molecule has 5 heteroatoms. The highest BCUT2D eigenvalue weighted by Gasteiger charge is 1.96. The van der Waals surface area contributed by atoms with Crippen LogP contribution in [-0.2, 0) is 11.4 Å². The lowest BCUT2D eigenvalue weighted by Gasteiger charge is -2.08. The Morgan fingerprint density at radius 1 is 1.58 bits per heavy atom. The summed E-state index contributed by atoms with van der Waals surface area (Å²) in [5.74, 6) is 0.273. The second kappa shape index (κ2) is 3.55. The molecule has 0 aliphatic heterocycles. The number of nitrogen functional groups attached to an aromatic ring is 1. The van der Waals surface area contributed by atoms with Crippen molar-refractivity contribution >= 4 is 17.0 Å². The van der Waals surface area contributed by atoms with E-state index in [9.17, 15) is 8.76 Å². The maximum Gasteiger partial charge on any atom is 0.139 e. The van der Waals surface area contributed by atoms with Gasteiger partial charge in [-0.15, -0.1) is 0 Å². The van der Waals surface area contributed by atoms with Gasteiger partial charge in [0.05, 0.1) is 0 Å². The van der Waals surface area contributed by atoms with Crippen LogP contribution in [0.3, 0.4) is 0 Å². The predicted molar refractivity (Wildman–Crippen MR) is 45.1 cm³/mol. The van der Waals surface area contributed by atoms with E-state index in [1.165, 1.54) is 6.07 Å². The first-order chi connectivity index (χ1) is 5.59. The lowest BCUT2D eigenvalue weighted by Crippen LogP contribution is -1.98. The van der Waals surface area contributed by atoms with Gasteiger partial charge in [0.2, 0.25) is 0 Å². The van der Waals surface area contributed by atoms with E-state index in [1.54, 1.807) is 19.1 Å². The van der Waals surface area contributed by atoms with Gasteiger partial charge < -0.3 is 14.5 Å². The van der Waals surface area contributed by atoms with E-state index in [-0.39, 0.29) is 5.75 Å². The largest absolute Gasteiger partial charge is 0.740 e. The van der Waals surface area contributed by atoms with E-state index in [4.69, 9.17) is 5.73 Å². The van der Waals surface area contributed by atoms with Gasteiger partial charge in [-0.25, -0.2) is 4.21 Å². The maximum absolute atomic E-state index is 10.1. The first-order valence-corrected chi connectivity index (χ1v) is 4.23. The van der Waals surface area contributed by atoms with Crippen molar-refractivity contribution in [3.63, 3.8) is 0 Å². The highest BCUT2D eigenvalue weighted by Crippen LogP contribution is 2.18. The molecule has 0 saturated heterocycles. The summed E-state index contributed by atoms with van der Waals surface area (Å²) in [5, 5.41) is 0. The molecule has 4 nitrogen and oxygen atoms in total. The Morgan fingerprint density at radius 3 is 2.75 bits per heavy atom. The molecular weight excluding hydrogens is 178 g/mol. The molecule has 0 spiro atoms. The van der Waals surface area contributed by atoms with Crippen molar-refractivity contribution in [1.82, 2.24) is 0 Å². The zero-order chi connectivity index (χ0) is 9.14. The molecule has 0 saturated carbocycles. The predicted octanol–water partition coefficient (Wildman–Crippen LogP) is 0.750. The van der Waals surface area contributed by atoms with Crippen LogP contribution in [0.1, 0.15) is 5.56 Å². The number of nitrogens with two attached hydrogens (primary N) is 1. The third-order valence-electron chi connectivity index (χ3n) is 1.41. The molecule has 0 amide bonds. The first kappa shape index (κ1) is 9.02. The fourth-order valence-electron chi connectivity index (χ4n) is 0.779. The Labute approximate surface area is 72.8 Å². The van der Waals surface area contributed by atoms with Gasteiger partial charge in [-0.2, -0.15) is 0 Å². The summed E-state index contributed by atoms with van der Waals surface area (Å²) in [4.78, 5) is 0. The summed E-state index contributed by atoms with van der Waals surface area (Å²) < 4.78 is 24.6. The highest BCUT2D eigenvalue weighted by molar-refractivity contribution is 7.74. The number of hydrogen-bond donors (Lipinski definition) is 1. The lowest BCUT2D eigenvalue weighted by atomic mass is 10.2. The fraction of sp³-hybridized carbons (Fsp3) is 0.143. The van der Waals surface area contributed by atoms with Crippen LogP contribution in [0.25, 0.3) is 0 Å². The molecule has 0 heterocycles. The zero-order valence-electron chi connectivity index (χ0n) is 6.44. The molecule has 0 aliphatic carbocycles. The summed E-state index contributed by atoms with van der Waals surface area (Å²) in [7, 11) is 0. The van der Waals surface area contributed by atoms with Gasteiger partial charge in [-0.05, 0) is 30.7 Å². The van der Waals surface area contributed by atoms with E-state index in [0.29, 0.717) is 5.69 Å². The van der Waals surface area contributed by atoms with E-state index in [1.807, 2.05) is 0 Å².